The molecule has 0 aromatic carbocycles. The van der Waals surface area contributed by atoms with Gasteiger partial charge < -0.3 is 5.32 Å². The molecule has 1 unspecified atom stereocenters. The summed E-state index contributed by atoms with van der Waals surface area (Å²) in [5.41, 5.74) is 0. The number of hydrogen-bond acceptors (Lipinski definition) is 3. The zero-order valence-electron chi connectivity index (χ0n) is 8.63. The van der Waals surface area contributed by atoms with Crippen molar-refractivity contribution in [2.24, 2.45) is 0 Å². The van der Waals surface area contributed by atoms with Crippen molar-refractivity contribution in [3.63, 3.8) is 0 Å². The van der Waals surface area contributed by atoms with Crippen LogP contribution in [0.1, 0.15) is 25.6 Å². The molecule has 0 bridgehead atoms. The van der Waals surface area contributed by atoms with Crippen LogP contribution < -0.4 is 5.32 Å². The second kappa shape index (κ2) is 5.94. The lowest BCUT2D eigenvalue weighted by molar-refractivity contribution is 0.503. The van der Waals surface area contributed by atoms with Gasteiger partial charge in [0.05, 0.1) is 5.02 Å². The van der Waals surface area contributed by atoms with E-state index in [0.29, 0.717) is 11.1 Å². The fraction of sp³-hybridized carbons (Fsp3) is 0.600. The predicted octanol–water partition coefficient (Wildman–Crippen LogP) is 2.06. The van der Waals surface area contributed by atoms with Gasteiger partial charge in [0, 0.05) is 24.9 Å². The van der Waals surface area contributed by atoms with Crippen LogP contribution in [0.3, 0.4) is 0 Å². The van der Waals surface area contributed by atoms with Gasteiger partial charge in [-0.2, -0.15) is 0 Å². The van der Waals surface area contributed by atoms with E-state index in [1.165, 1.54) is 6.42 Å². The Morgan fingerprint density at radius 3 is 2.57 bits per heavy atom. The molecule has 0 aliphatic heterocycles. The average molecular weight is 214 g/mol. The number of nitrogens with one attached hydrogen (secondary N) is 1. The molecule has 0 aliphatic rings. The molecule has 0 saturated heterocycles. The Hall–Kier alpha value is -0.670. The molecule has 4 heteroatoms. The summed E-state index contributed by atoms with van der Waals surface area (Å²) in [6, 6.07) is 0.459. The van der Waals surface area contributed by atoms with Crippen LogP contribution in [0.4, 0.5) is 0 Å². The van der Waals surface area contributed by atoms with E-state index in [1.807, 2.05) is 7.05 Å². The number of hydrogen-bond donors (Lipinski definition) is 1. The molecule has 1 rings (SSSR count). The lowest BCUT2D eigenvalue weighted by atomic mass is 10.1. The normalized spacial score (nSPS) is 12.8. The maximum atomic E-state index is 5.70. The molecule has 0 spiro atoms. The van der Waals surface area contributed by atoms with E-state index < -0.39 is 0 Å². The van der Waals surface area contributed by atoms with Crippen molar-refractivity contribution in [2.75, 3.05) is 7.05 Å². The third-order valence-electron chi connectivity index (χ3n) is 2.15. The summed E-state index contributed by atoms with van der Waals surface area (Å²) in [5, 5.41) is 3.84. The van der Waals surface area contributed by atoms with E-state index in [2.05, 4.69) is 22.2 Å². The van der Waals surface area contributed by atoms with Gasteiger partial charge in [0.2, 0.25) is 0 Å². The monoisotopic (exact) mass is 213 g/mol. The second-order valence-electron chi connectivity index (χ2n) is 3.30. The van der Waals surface area contributed by atoms with Gasteiger partial charge in [-0.3, -0.25) is 0 Å². The summed E-state index contributed by atoms with van der Waals surface area (Å²) < 4.78 is 0. The lowest BCUT2D eigenvalue weighted by Gasteiger charge is -2.13. The SMILES string of the molecule is CCCC(Cc1ncc(Cl)cn1)NC. The van der Waals surface area contributed by atoms with Crippen LogP contribution in [0, 0.1) is 0 Å². The van der Waals surface area contributed by atoms with Crippen molar-refractivity contribution < 1.29 is 0 Å². The van der Waals surface area contributed by atoms with Gasteiger partial charge in [-0.1, -0.05) is 24.9 Å². The minimum absolute atomic E-state index is 0.459. The maximum absolute atomic E-state index is 5.70. The summed E-state index contributed by atoms with van der Waals surface area (Å²) in [4.78, 5) is 8.33. The van der Waals surface area contributed by atoms with Gasteiger partial charge >= 0.3 is 0 Å². The van der Waals surface area contributed by atoms with Crippen molar-refractivity contribution in [2.45, 2.75) is 32.2 Å². The van der Waals surface area contributed by atoms with Crippen LogP contribution in [0.5, 0.6) is 0 Å². The van der Waals surface area contributed by atoms with E-state index in [4.69, 9.17) is 11.6 Å². The highest BCUT2D eigenvalue weighted by Gasteiger charge is 2.07. The predicted molar refractivity (Wildman–Crippen MR) is 58.5 cm³/mol. The Bertz CT molecular complexity index is 261. The lowest BCUT2D eigenvalue weighted by Crippen LogP contribution is -2.28. The standard InChI is InChI=1S/C10H16ClN3/c1-3-4-9(12-2)5-10-13-6-8(11)7-14-10/h6-7,9,12H,3-5H2,1-2H3. The Morgan fingerprint density at radius 1 is 1.43 bits per heavy atom. The third kappa shape index (κ3) is 3.60. The van der Waals surface area contributed by atoms with E-state index >= 15 is 0 Å². The number of rotatable bonds is 5. The van der Waals surface area contributed by atoms with Gasteiger partial charge in [0.25, 0.3) is 0 Å². The first-order chi connectivity index (χ1) is 6.76. The van der Waals surface area contributed by atoms with Crippen molar-refractivity contribution >= 4 is 11.6 Å². The van der Waals surface area contributed by atoms with Gasteiger partial charge in [0.15, 0.2) is 0 Å². The molecule has 14 heavy (non-hydrogen) atoms. The summed E-state index contributed by atoms with van der Waals surface area (Å²) in [6.07, 6.45) is 6.45. The van der Waals surface area contributed by atoms with Crippen LogP contribution >= 0.6 is 11.6 Å². The zero-order valence-corrected chi connectivity index (χ0v) is 9.38. The van der Waals surface area contributed by atoms with Crippen LogP contribution in [0.15, 0.2) is 12.4 Å². The van der Waals surface area contributed by atoms with Crippen molar-refractivity contribution in [1.82, 2.24) is 15.3 Å². The molecule has 78 valence electrons. The molecule has 0 saturated carbocycles. The Balaban J connectivity index is 2.53. The second-order valence-corrected chi connectivity index (χ2v) is 3.73. The molecule has 3 nitrogen and oxygen atoms in total. The largest absolute Gasteiger partial charge is 0.317 e. The highest BCUT2D eigenvalue weighted by molar-refractivity contribution is 6.30. The minimum atomic E-state index is 0.459. The molecule has 0 amide bonds. The average Bonchev–Trinajstić information content (AvgIpc) is 2.20. The third-order valence-corrected chi connectivity index (χ3v) is 2.34. The van der Waals surface area contributed by atoms with Crippen molar-refractivity contribution in [3.05, 3.63) is 23.2 Å². The molecule has 0 radical (unpaired) electrons. The Kier molecular flexibility index (Phi) is 4.84. The fourth-order valence-corrected chi connectivity index (χ4v) is 1.46. The Labute approximate surface area is 89.9 Å². The summed E-state index contributed by atoms with van der Waals surface area (Å²) in [7, 11) is 1.97. The van der Waals surface area contributed by atoms with Crippen molar-refractivity contribution in [1.29, 1.82) is 0 Å². The molecule has 1 N–H and O–H groups in total. The van der Waals surface area contributed by atoms with E-state index in [9.17, 15) is 0 Å². The zero-order chi connectivity index (χ0) is 10.4. The summed E-state index contributed by atoms with van der Waals surface area (Å²) in [6.45, 7) is 2.17. The van der Waals surface area contributed by atoms with E-state index in [0.717, 1.165) is 18.7 Å². The molecular weight excluding hydrogens is 198 g/mol. The number of nitrogens with zero attached hydrogens (tertiary/aromatic N) is 2. The van der Waals surface area contributed by atoms with Crippen molar-refractivity contribution in [3.8, 4) is 0 Å². The van der Waals surface area contributed by atoms with Gasteiger partial charge in [-0.25, -0.2) is 9.97 Å². The highest BCUT2D eigenvalue weighted by atomic mass is 35.5. The highest BCUT2D eigenvalue weighted by Crippen LogP contribution is 2.06. The number of halogens is 1. The van der Waals surface area contributed by atoms with Crippen LogP contribution in [0.25, 0.3) is 0 Å². The van der Waals surface area contributed by atoms with E-state index in [1.54, 1.807) is 12.4 Å². The van der Waals surface area contributed by atoms with Crippen LogP contribution in [-0.4, -0.2) is 23.1 Å². The van der Waals surface area contributed by atoms with E-state index in [-0.39, 0.29) is 0 Å². The molecule has 1 aromatic heterocycles. The summed E-state index contributed by atoms with van der Waals surface area (Å²) in [5.74, 6) is 0.849. The maximum Gasteiger partial charge on any atom is 0.129 e. The van der Waals surface area contributed by atoms with Gasteiger partial charge in [-0.15, -0.1) is 0 Å². The quantitative estimate of drug-likeness (QED) is 0.814. The van der Waals surface area contributed by atoms with Gasteiger partial charge in [-0.05, 0) is 13.5 Å². The number of aromatic nitrogens is 2. The first kappa shape index (κ1) is 11.4. The molecule has 0 aliphatic carbocycles. The molecular formula is C10H16ClN3. The first-order valence-electron chi connectivity index (χ1n) is 4.90. The fourth-order valence-electron chi connectivity index (χ4n) is 1.36. The topological polar surface area (TPSA) is 37.8 Å². The van der Waals surface area contributed by atoms with Crippen LogP contribution in [-0.2, 0) is 6.42 Å². The molecule has 1 heterocycles. The Morgan fingerprint density at radius 2 is 2.07 bits per heavy atom. The summed E-state index contributed by atoms with van der Waals surface area (Å²) >= 11 is 5.70. The van der Waals surface area contributed by atoms with Gasteiger partial charge in [0.1, 0.15) is 5.82 Å². The number of likely N-dealkylation sites (N-methyl/N-ethyl adjacent to an activating group) is 1. The molecule has 1 atom stereocenters. The molecule has 1 aromatic rings. The smallest absolute Gasteiger partial charge is 0.129 e. The first-order valence-corrected chi connectivity index (χ1v) is 5.27. The minimum Gasteiger partial charge on any atom is -0.317 e. The van der Waals surface area contributed by atoms with Crippen LogP contribution in [0.2, 0.25) is 5.02 Å². The molecule has 0 fully saturated rings.